The number of phenolic OH excluding ortho intramolecular Hbond substituents is 1. The van der Waals surface area contributed by atoms with Crippen LogP contribution < -0.4 is 14.2 Å². The Balaban J connectivity index is 1.52. The zero-order valence-corrected chi connectivity index (χ0v) is 31.9. The molecule has 4 heteroatoms. The number of aryl methyl sites for hydroxylation is 2. The maximum Gasteiger partial charge on any atom is 0.127 e. The lowest BCUT2D eigenvalue weighted by Gasteiger charge is -2.46. The van der Waals surface area contributed by atoms with Crippen LogP contribution in [0.25, 0.3) is 0 Å². The van der Waals surface area contributed by atoms with Gasteiger partial charge >= 0.3 is 0 Å². The van der Waals surface area contributed by atoms with Gasteiger partial charge in [0.2, 0.25) is 0 Å². The Bertz CT molecular complexity index is 1320. The molecule has 0 saturated carbocycles. The fourth-order valence-electron chi connectivity index (χ4n) is 7.91. The number of unbranched alkanes of at least 4 members (excludes halogenated alkanes) is 4. The topological polar surface area (TPSA) is 47.9 Å². The lowest BCUT2D eigenvalue weighted by atomic mass is 9.68. The lowest BCUT2D eigenvalue weighted by Crippen LogP contribution is -2.45. The minimum atomic E-state index is -0.218. The molecular weight excluding hydrogens is 592 g/mol. The SMILES string of the molecule is CCCCCc1cc(O)c(CC[C@H](C)CCCC(C)C)c(OCCOc2cc(CCCCC)cc3c2[C@@H]2C=C(C)CC[C@H]2C(C)(C)O3)c1. The number of hydrogen-bond donors (Lipinski definition) is 1. The molecule has 0 fully saturated rings. The van der Waals surface area contributed by atoms with E-state index in [1.807, 2.05) is 6.07 Å². The Morgan fingerprint density at radius 1 is 0.812 bits per heavy atom. The van der Waals surface area contributed by atoms with Crippen molar-refractivity contribution in [3.63, 3.8) is 0 Å². The summed E-state index contributed by atoms with van der Waals surface area (Å²) in [7, 11) is 0. The zero-order chi connectivity index (χ0) is 34.7. The molecule has 2 aliphatic rings. The third kappa shape index (κ3) is 10.7. The van der Waals surface area contributed by atoms with Gasteiger partial charge in [-0.05, 0) is 119 Å². The molecule has 2 aromatic rings. The minimum absolute atomic E-state index is 0.218. The van der Waals surface area contributed by atoms with E-state index in [0.717, 1.165) is 79.2 Å². The van der Waals surface area contributed by atoms with Crippen molar-refractivity contribution in [1.82, 2.24) is 0 Å². The average Bonchev–Trinajstić information content (AvgIpc) is 3.02. The number of phenols is 1. The van der Waals surface area contributed by atoms with E-state index in [1.54, 1.807) is 0 Å². The summed E-state index contributed by atoms with van der Waals surface area (Å²) in [4.78, 5) is 0. The molecule has 0 unspecified atom stereocenters. The Morgan fingerprint density at radius 2 is 1.46 bits per heavy atom. The molecule has 1 heterocycles. The van der Waals surface area contributed by atoms with Crippen molar-refractivity contribution < 1.29 is 19.3 Å². The summed E-state index contributed by atoms with van der Waals surface area (Å²) in [6.07, 6.45) is 19.5. The summed E-state index contributed by atoms with van der Waals surface area (Å²) in [6.45, 7) is 19.1. The normalized spacial score (nSPS) is 18.9. The second-order valence-corrected chi connectivity index (χ2v) is 16.1. The Hall–Kier alpha value is -2.62. The van der Waals surface area contributed by atoms with E-state index in [4.69, 9.17) is 14.2 Å². The summed E-state index contributed by atoms with van der Waals surface area (Å²) < 4.78 is 20.0. The molecule has 0 amide bonds. The first kappa shape index (κ1) is 38.2. The molecule has 4 nitrogen and oxygen atoms in total. The fraction of sp³-hybridized carbons (Fsp3) is 0.682. The standard InChI is InChI=1S/C44H68O4/c1-9-11-13-18-34-27-39(45)36(22-20-32(5)17-15-16-31(3)4)40(28-34)46-24-25-47-41-29-35(19-14-12-10-2)30-42-43(41)37-26-33(6)21-23-38(37)44(7,8)48-42/h26-32,37-38,45H,9-25H2,1-8H3/t32-,37-,38-/m1/s1. The summed E-state index contributed by atoms with van der Waals surface area (Å²) in [6, 6.07) is 8.72. The molecule has 1 aliphatic heterocycles. The predicted molar refractivity (Wildman–Crippen MR) is 202 cm³/mol. The van der Waals surface area contributed by atoms with Crippen LogP contribution in [0.15, 0.2) is 35.9 Å². The second-order valence-electron chi connectivity index (χ2n) is 16.1. The van der Waals surface area contributed by atoms with Crippen molar-refractivity contribution in [2.45, 2.75) is 163 Å². The van der Waals surface area contributed by atoms with Crippen LogP contribution in [0, 0.1) is 17.8 Å². The molecule has 1 aliphatic carbocycles. The van der Waals surface area contributed by atoms with Gasteiger partial charge in [0.15, 0.2) is 0 Å². The number of aromatic hydroxyl groups is 1. The Kier molecular flexibility index (Phi) is 14.6. The number of ether oxygens (including phenoxy) is 3. The van der Waals surface area contributed by atoms with E-state index in [2.05, 4.69) is 79.7 Å². The van der Waals surface area contributed by atoms with E-state index in [-0.39, 0.29) is 5.60 Å². The molecule has 3 atom stereocenters. The number of benzene rings is 2. The molecule has 4 rings (SSSR count). The average molecular weight is 661 g/mol. The lowest BCUT2D eigenvalue weighted by molar-refractivity contribution is 0.0103. The van der Waals surface area contributed by atoms with Crippen LogP contribution in [0.4, 0.5) is 0 Å². The van der Waals surface area contributed by atoms with Crippen molar-refractivity contribution in [2.75, 3.05) is 13.2 Å². The summed E-state index contributed by atoms with van der Waals surface area (Å²) in [5.74, 6) is 5.24. The highest BCUT2D eigenvalue weighted by molar-refractivity contribution is 5.55. The summed E-state index contributed by atoms with van der Waals surface area (Å²) >= 11 is 0. The first-order valence-electron chi connectivity index (χ1n) is 19.7. The predicted octanol–water partition coefficient (Wildman–Crippen LogP) is 12.3. The molecule has 0 bridgehead atoms. The monoisotopic (exact) mass is 661 g/mol. The highest BCUT2D eigenvalue weighted by atomic mass is 16.5. The molecule has 0 radical (unpaired) electrons. The van der Waals surface area contributed by atoms with Gasteiger partial charge in [-0.2, -0.15) is 0 Å². The van der Waals surface area contributed by atoms with Crippen molar-refractivity contribution >= 4 is 0 Å². The van der Waals surface area contributed by atoms with Crippen LogP contribution in [0.3, 0.4) is 0 Å². The van der Waals surface area contributed by atoms with Crippen LogP contribution in [0.1, 0.15) is 161 Å². The molecule has 2 aromatic carbocycles. The maximum atomic E-state index is 11.2. The van der Waals surface area contributed by atoms with Crippen molar-refractivity contribution in [3.8, 4) is 23.0 Å². The van der Waals surface area contributed by atoms with Gasteiger partial charge in [0.1, 0.15) is 41.8 Å². The van der Waals surface area contributed by atoms with E-state index in [9.17, 15) is 5.11 Å². The molecule has 1 N–H and O–H groups in total. The minimum Gasteiger partial charge on any atom is -0.508 e. The first-order valence-corrected chi connectivity index (χ1v) is 19.7. The molecule has 268 valence electrons. The smallest absolute Gasteiger partial charge is 0.127 e. The van der Waals surface area contributed by atoms with E-state index < -0.39 is 0 Å². The number of rotatable bonds is 20. The largest absolute Gasteiger partial charge is 0.508 e. The fourth-order valence-corrected chi connectivity index (χ4v) is 7.91. The highest BCUT2D eigenvalue weighted by Crippen LogP contribution is 2.53. The van der Waals surface area contributed by atoms with Crippen LogP contribution in [-0.4, -0.2) is 23.9 Å². The molecule has 0 spiro atoms. The van der Waals surface area contributed by atoms with Gasteiger partial charge in [-0.15, -0.1) is 0 Å². The van der Waals surface area contributed by atoms with Gasteiger partial charge in [-0.3, -0.25) is 0 Å². The van der Waals surface area contributed by atoms with Crippen molar-refractivity contribution in [2.24, 2.45) is 17.8 Å². The first-order chi connectivity index (χ1) is 23.0. The van der Waals surface area contributed by atoms with Crippen LogP contribution >= 0.6 is 0 Å². The maximum absolute atomic E-state index is 11.2. The Labute approximate surface area is 294 Å². The molecule has 0 aromatic heterocycles. The van der Waals surface area contributed by atoms with E-state index in [1.165, 1.54) is 68.1 Å². The van der Waals surface area contributed by atoms with Gasteiger partial charge in [0.05, 0.1) is 0 Å². The van der Waals surface area contributed by atoms with Crippen LogP contribution in [-0.2, 0) is 19.3 Å². The van der Waals surface area contributed by atoms with E-state index >= 15 is 0 Å². The van der Waals surface area contributed by atoms with E-state index in [0.29, 0.717) is 36.7 Å². The summed E-state index contributed by atoms with van der Waals surface area (Å²) in [5, 5.41) is 11.2. The van der Waals surface area contributed by atoms with Gasteiger partial charge in [-0.1, -0.05) is 91.2 Å². The van der Waals surface area contributed by atoms with Crippen LogP contribution in [0.2, 0.25) is 0 Å². The highest BCUT2D eigenvalue weighted by Gasteiger charge is 2.45. The van der Waals surface area contributed by atoms with Gasteiger partial charge in [0, 0.05) is 23.0 Å². The molecule has 48 heavy (non-hydrogen) atoms. The Morgan fingerprint density at radius 3 is 2.12 bits per heavy atom. The summed E-state index contributed by atoms with van der Waals surface area (Å²) in [5.41, 5.74) is 5.84. The second kappa shape index (κ2) is 18.4. The third-order valence-corrected chi connectivity index (χ3v) is 10.9. The van der Waals surface area contributed by atoms with Gasteiger partial charge in [-0.25, -0.2) is 0 Å². The number of fused-ring (bicyclic) bond motifs is 3. The number of allylic oxidation sites excluding steroid dienone is 2. The van der Waals surface area contributed by atoms with Crippen LogP contribution in [0.5, 0.6) is 23.0 Å². The van der Waals surface area contributed by atoms with Gasteiger partial charge < -0.3 is 19.3 Å². The molecule has 0 saturated heterocycles. The third-order valence-electron chi connectivity index (χ3n) is 10.9. The van der Waals surface area contributed by atoms with Crippen molar-refractivity contribution in [3.05, 3.63) is 58.2 Å². The van der Waals surface area contributed by atoms with Gasteiger partial charge in [0.25, 0.3) is 0 Å². The van der Waals surface area contributed by atoms with Crippen molar-refractivity contribution in [1.29, 1.82) is 0 Å². The molecular formula is C44H68O4. The zero-order valence-electron chi connectivity index (χ0n) is 31.9. The quantitative estimate of drug-likeness (QED) is 0.113. The number of hydrogen-bond acceptors (Lipinski definition) is 4.